The molecule has 2 aromatic rings. The number of hydrogen-bond donors (Lipinski definition) is 1. The SMILES string of the molecule is O=C(C[NH+]1CCc2sccc2[C@H]1C1CC1)N1CCN(c2ccccc2F)CC1. The molecule has 5 rings (SSSR count). The maximum Gasteiger partial charge on any atom is 0.277 e. The van der Waals surface area contributed by atoms with Crippen LogP contribution in [0.15, 0.2) is 35.7 Å². The number of nitrogens with zero attached hydrogens (tertiary/aromatic N) is 2. The summed E-state index contributed by atoms with van der Waals surface area (Å²) < 4.78 is 14.0. The van der Waals surface area contributed by atoms with E-state index in [2.05, 4.69) is 16.3 Å². The van der Waals surface area contributed by atoms with Crippen molar-refractivity contribution in [2.45, 2.75) is 25.3 Å². The number of anilines is 1. The second-order valence-electron chi connectivity index (χ2n) is 8.27. The maximum absolute atomic E-state index is 14.0. The Kier molecular flexibility index (Phi) is 4.85. The Balaban J connectivity index is 1.22. The van der Waals surface area contributed by atoms with Crippen molar-refractivity contribution in [3.63, 3.8) is 0 Å². The van der Waals surface area contributed by atoms with E-state index in [1.807, 2.05) is 28.4 Å². The summed E-state index contributed by atoms with van der Waals surface area (Å²) in [5.41, 5.74) is 2.15. The molecule has 0 bridgehead atoms. The minimum Gasteiger partial charge on any atom is -0.366 e. The molecule has 1 aromatic heterocycles. The summed E-state index contributed by atoms with van der Waals surface area (Å²) in [7, 11) is 0. The van der Waals surface area contributed by atoms with Gasteiger partial charge in [-0.05, 0) is 36.4 Å². The molecule has 3 heterocycles. The number of benzene rings is 1. The molecule has 28 heavy (non-hydrogen) atoms. The predicted molar refractivity (Wildman–Crippen MR) is 109 cm³/mol. The van der Waals surface area contributed by atoms with Crippen LogP contribution in [-0.2, 0) is 11.2 Å². The third kappa shape index (κ3) is 3.44. The molecule has 4 nitrogen and oxygen atoms in total. The lowest BCUT2D eigenvalue weighted by Gasteiger charge is -2.38. The third-order valence-electron chi connectivity index (χ3n) is 6.53. The van der Waals surface area contributed by atoms with Crippen LogP contribution >= 0.6 is 11.3 Å². The quantitative estimate of drug-likeness (QED) is 0.852. The number of quaternary nitrogens is 1. The van der Waals surface area contributed by atoms with Crippen LogP contribution < -0.4 is 9.80 Å². The number of thiophene rings is 1. The topological polar surface area (TPSA) is 28.0 Å². The second kappa shape index (κ2) is 7.48. The molecule has 1 aromatic carbocycles. The van der Waals surface area contributed by atoms with Gasteiger partial charge < -0.3 is 14.7 Å². The number of piperazine rings is 1. The Morgan fingerprint density at radius 3 is 2.68 bits per heavy atom. The van der Waals surface area contributed by atoms with Crippen LogP contribution in [0.2, 0.25) is 0 Å². The van der Waals surface area contributed by atoms with Gasteiger partial charge in [-0.3, -0.25) is 4.79 Å². The van der Waals surface area contributed by atoms with Crippen LogP contribution in [0.1, 0.15) is 29.3 Å². The number of para-hydroxylation sites is 1. The van der Waals surface area contributed by atoms with Crippen LogP contribution in [0, 0.1) is 11.7 Å². The largest absolute Gasteiger partial charge is 0.366 e. The minimum absolute atomic E-state index is 0.182. The number of rotatable bonds is 4. The molecule has 1 unspecified atom stereocenters. The van der Waals surface area contributed by atoms with Gasteiger partial charge in [-0.2, -0.15) is 0 Å². The fourth-order valence-corrected chi connectivity index (χ4v) is 5.84. The molecule has 1 aliphatic carbocycles. The fraction of sp³-hybridized carbons (Fsp3) is 0.500. The molecule has 1 saturated carbocycles. The first-order valence-corrected chi connectivity index (χ1v) is 11.3. The standard InChI is InChI=1S/C22H26FN3OS/c23-18-3-1-2-4-19(18)24-10-12-25(13-11-24)21(27)15-26-9-7-20-17(8-14-28-20)22(26)16-5-6-16/h1-4,8,14,16,22H,5-7,9-13,15H2/p+1/t22-/m1/s1. The van der Waals surface area contributed by atoms with Crippen molar-refractivity contribution in [2.24, 2.45) is 5.92 Å². The first-order valence-electron chi connectivity index (χ1n) is 10.4. The van der Waals surface area contributed by atoms with Gasteiger partial charge in [-0.1, -0.05) is 12.1 Å². The first-order chi connectivity index (χ1) is 13.7. The number of carbonyl (C=O) groups excluding carboxylic acids is 1. The Morgan fingerprint density at radius 1 is 1.14 bits per heavy atom. The molecular weight excluding hydrogens is 373 g/mol. The summed E-state index contributed by atoms with van der Waals surface area (Å²) in [5, 5.41) is 2.22. The highest BCUT2D eigenvalue weighted by Crippen LogP contribution is 2.42. The summed E-state index contributed by atoms with van der Waals surface area (Å²) in [6.45, 7) is 4.41. The summed E-state index contributed by atoms with van der Waals surface area (Å²) in [6, 6.07) is 9.72. The van der Waals surface area contributed by atoms with Gasteiger partial charge in [0.05, 0.1) is 12.2 Å². The van der Waals surface area contributed by atoms with Crippen molar-refractivity contribution in [1.29, 1.82) is 0 Å². The van der Waals surface area contributed by atoms with E-state index in [1.54, 1.807) is 6.07 Å². The lowest BCUT2D eigenvalue weighted by Crippen LogP contribution is -3.14. The second-order valence-corrected chi connectivity index (χ2v) is 9.27. The molecule has 0 radical (unpaired) electrons. The average molecular weight is 401 g/mol. The number of amides is 1. The summed E-state index contributed by atoms with van der Waals surface area (Å²) in [4.78, 5) is 20.1. The van der Waals surface area contributed by atoms with Crippen LogP contribution in [0.5, 0.6) is 0 Å². The van der Waals surface area contributed by atoms with Crippen molar-refractivity contribution >= 4 is 22.9 Å². The number of hydrogen-bond acceptors (Lipinski definition) is 3. The van der Waals surface area contributed by atoms with E-state index in [-0.39, 0.29) is 11.7 Å². The number of fused-ring (bicyclic) bond motifs is 1. The molecule has 6 heteroatoms. The fourth-order valence-electron chi connectivity index (χ4n) is 4.91. The molecule has 1 N–H and O–H groups in total. The van der Waals surface area contributed by atoms with Gasteiger partial charge in [0, 0.05) is 49.0 Å². The molecule has 1 amide bonds. The Labute approximate surface area is 169 Å². The highest BCUT2D eigenvalue weighted by Gasteiger charge is 2.44. The van der Waals surface area contributed by atoms with Crippen molar-refractivity contribution in [2.75, 3.05) is 44.2 Å². The molecule has 2 aliphatic heterocycles. The third-order valence-corrected chi connectivity index (χ3v) is 7.52. The van der Waals surface area contributed by atoms with Crippen molar-refractivity contribution in [3.8, 4) is 0 Å². The van der Waals surface area contributed by atoms with Crippen molar-refractivity contribution in [3.05, 3.63) is 52.0 Å². The van der Waals surface area contributed by atoms with Gasteiger partial charge >= 0.3 is 0 Å². The summed E-state index contributed by atoms with van der Waals surface area (Å²) >= 11 is 1.88. The zero-order chi connectivity index (χ0) is 19.1. The Morgan fingerprint density at radius 2 is 1.93 bits per heavy atom. The minimum atomic E-state index is -0.182. The molecule has 148 valence electrons. The van der Waals surface area contributed by atoms with Gasteiger partial charge in [0.15, 0.2) is 6.54 Å². The van der Waals surface area contributed by atoms with E-state index in [0.29, 0.717) is 44.5 Å². The van der Waals surface area contributed by atoms with E-state index in [0.717, 1.165) is 18.9 Å². The van der Waals surface area contributed by atoms with Gasteiger partial charge in [-0.15, -0.1) is 11.3 Å². The van der Waals surface area contributed by atoms with Crippen molar-refractivity contribution in [1.82, 2.24) is 4.90 Å². The lowest BCUT2D eigenvalue weighted by molar-refractivity contribution is -0.929. The normalized spacial score (nSPS) is 24.9. The molecule has 0 spiro atoms. The van der Waals surface area contributed by atoms with Crippen molar-refractivity contribution < 1.29 is 14.1 Å². The highest BCUT2D eigenvalue weighted by molar-refractivity contribution is 7.10. The summed E-state index contributed by atoms with van der Waals surface area (Å²) in [6.07, 6.45) is 3.71. The highest BCUT2D eigenvalue weighted by atomic mass is 32.1. The Bertz CT molecular complexity index is 857. The monoisotopic (exact) mass is 400 g/mol. The molecule has 3 aliphatic rings. The van der Waals surface area contributed by atoms with Crippen LogP contribution in [0.4, 0.5) is 10.1 Å². The molecule has 2 atom stereocenters. The van der Waals surface area contributed by atoms with Gasteiger partial charge in [0.1, 0.15) is 11.9 Å². The number of halogens is 1. The molecule has 1 saturated heterocycles. The van der Waals surface area contributed by atoms with Gasteiger partial charge in [0.2, 0.25) is 0 Å². The first kappa shape index (κ1) is 18.1. The zero-order valence-corrected chi connectivity index (χ0v) is 16.9. The van der Waals surface area contributed by atoms with Crippen LogP contribution in [-0.4, -0.2) is 50.1 Å². The summed E-state index contributed by atoms with van der Waals surface area (Å²) in [5.74, 6) is 0.834. The van der Waals surface area contributed by atoms with Crippen LogP contribution in [0.3, 0.4) is 0 Å². The van der Waals surface area contributed by atoms with E-state index < -0.39 is 0 Å². The van der Waals surface area contributed by atoms with E-state index in [1.165, 1.54) is 34.2 Å². The lowest BCUT2D eigenvalue weighted by atomic mass is 9.96. The Hall–Kier alpha value is -1.92. The zero-order valence-electron chi connectivity index (χ0n) is 16.1. The molecule has 2 fully saturated rings. The van der Waals surface area contributed by atoms with Gasteiger partial charge in [-0.25, -0.2) is 4.39 Å². The number of nitrogens with one attached hydrogen (secondary N) is 1. The maximum atomic E-state index is 14.0. The van der Waals surface area contributed by atoms with Crippen LogP contribution in [0.25, 0.3) is 0 Å². The predicted octanol–water partition coefficient (Wildman–Crippen LogP) is 2.13. The van der Waals surface area contributed by atoms with E-state index in [4.69, 9.17) is 0 Å². The molecular formula is C22H27FN3OS+. The van der Waals surface area contributed by atoms with Gasteiger partial charge in [0.25, 0.3) is 5.91 Å². The average Bonchev–Trinajstić information content (AvgIpc) is 3.44. The van der Waals surface area contributed by atoms with E-state index in [9.17, 15) is 9.18 Å². The van der Waals surface area contributed by atoms with E-state index >= 15 is 0 Å². The smallest absolute Gasteiger partial charge is 0.277 e. The number of carbonyl (C=O) groups is 1.